The summed E-state index contributed by atoms with van der Waals surface area (Å²) in [7, 11) is 0. The first kappa shape index (κ1) is 17.5. The van der Waals surface area contributed by atoms with Gasteiger partial charge in [0.25, 0.3) is 0 Å². The largest absolute Gasteiger partial charge is 0.453 e. The third-order valence-corrected chi connectivity index (χ3v) is 4.31. The molecule has 0 unspecified atom stereocenters. The molecule has 0 aliphatic heterocycles. The van der Waals surface area contributed by atoms with Crippen molar-refractivity contribution in [2.45, 2.75) is 6.18 Å². The van der Waals surface area contributed by atoms with Crippen molar-refractivity contribution < 1.29 is 17.9 Å². The van der Waals surface area contributed by atoms with Crippen LogP contribution >= 0.6 is 46.4 Å². The van der Waals surface area contributed by atoms with Crippen LogP contribution in [-0.2, 0) is 6.18 Å². The molecular formula is C14H5Cl4F3N2O. The minimum Gasteiger partial charge on any atom is -0.453 e. The highest BCUT2D eigenvalue weighted by Gasteiger charge is 2.36. The van der Waals surface area contributed by atoms with Gasteiger partial charge in [0.2, 0.25) is 5.82 Å². The first-order chi connectivity index (χ1) is 11.2. The Kier molecular flexibility index (Phi) is 4.51. The van der Waals surface area contributed by atoms with Gasteiger partial charge in [0.05, 0.1) is 20.1 Å². The Bertz CT molecular complexity index is 940. The number of halogens is 7. The van der Waals surface area contributed by atoms with E-state index in [1.165, 1.54) is 24.3 Å². The molecule has 0 amide bonds. The number of nitrogens with zero attached hydrogens (tertiary/aromatic N) is 1. The van der Waals surface area contributed by atoms with E-state index in [0.717, 1.165) is 0 Å². The summed E-state index contributed by atoms with van der Waals surface area (Å²) < 4.78 is 44.2. The highest BCUT2D eigenvalue weighted by molar-refractivity contribution is 6.42. The van der Waals surface area contributed by atoms with E-state index in [9.17, 15) is 13.2 Å². The predicted octanol–water partition coefficient (Wildman–Crippen LogP) is 6.99. The number of rotatable bonds is 2. The monoisotopic (exact) mass is 414 g/mol. The fourth-order valence-corrected chi connectivity index (χ4v) is 2.80. The molecule has 126 valence electrons. The number of alkyl halides is 3. The Hall–Kier alpha value is -1.34. The van der Waals surface area contributed by atoms with Gasteiger partial charge >= 0.3 is 6.18 Å². The van der Waals surface area contributed by atoms with Crippen LogP contribution in [0.3, 0.4) is 0 Å². The van der Waals surface area contributed by atoms with Gasteiger partial charge in [0.1, 0.15) is 16.8 Å². The predicted molar refractivity (Wildman–Crippen MR) is 87.7 cm³/mol. The lowest BCUT2D eigenvalue weighted by Crippen LogP contribution is -2.06. The van der Waals surface area contributed by atoms with Crippen LogP contribution < -0.4 is 4.74 Å². The second-order valence-electron chi connectivity index (χ2n) is 4.65. The van der Waals surface area contributed by atoms with E-state index in [1.54, 1.807) is 0 Å². The van der Waals surface area contributed by atoms with Crippen LogP contribution in [0, 0.1) is 0 Å². The molecule has 24 heavy (non-hydrogen) atoms. The van der Waals surface area contributed by atoms with Gasteiger partial charge in [0, 0.05) is 6.07 Å². The Morgan fingerprint density at radius 2 is 1.62 bits per heavy atom. The number of hydrogen-bond acceptors (Lipinski definition) is 2. The number of H-pyrrole nitrogens is 1. The molecule has 2 aromatic carbocycles. The standard InChI is InChI=1S/C14H5Cl4F3N2O/c15-6-2-1-5(3-7(6)16)24-12-9(18)4-8(17)10-11(12)23-13(22-10)14(19,20)21/h1-4H,(H,22,23). The van der Waals surface area contributed by atoms with Crippen LogP contribution in [0.2, 0.25) is 20.1 Å². The zero-order chi connectivity index (χ0) is 17.6. The van der Waals surface area contributed by atoms with Crippen molar-refractivity contribution in [3.8, 4) is 11.5 Å². The normalized spacial score (nSPS) is 12.0. The second kappa shape index (κ2) is 6.19. The van der Waals surface area contributed by atoms with Crippen molar-refractivity contribution in [2.75, 3.05) is 0 Å². The zero-order valence-electron chi connectivity index (χ0n) is 11.3. The SMILES string of the molecule is FC(F)(F)c1nc2c(Cl)cc(Cl)c(Oc3ccc(Cl)c(Cl)c3)c2[nH]1. The van der Waals surface area contributed by atoms with E-state index in [2.05, 4.69) is 9.97 Å². The minimum absolute atomic E-state index is 0.0101. The molecule has 0 aliphatic carbocycles. The van der Waals surface area contributed by atoms with Crippen LogP contribution in [0.5, 0.6) is 11.5 Å². The molecule has 10 heteroatoms. The van der Waals surface area contributed by atoms with Crippen LogP contribution in [0.1, 0.15) is 5.82 Å². The maximum absolute atomic E-state index is 12.9. The van der Waals surface area contributed by atoms with E-state index in [0.29, 0.717) is 5.02 Å². The van der Waals surface area contributed by atoms with Gasteiger partial charge in [-0.25, -0.2) is 4.98 Å². The zero-order valence-corrected chi connectivity index (χ0v) is 14.3. The summed E-state index contributed by atoms with van der Waals surface area (Å²) in [6.07, 6.45) is -4.67. The van der Waals surface area contributed by atoms with Crippen molar-refractivity contribution in [2.24, 2.45) is 0 Å². The molecule has 3 nitrogen and oxygen atoms in total. The third kappa shape index (κ3) is 3.24. The quantitative estimate of drug-likeness (QED) is 0.489. The van der Waals surface area contributed by atoms with Gasteiger partial charge in [-0.3, -0.25) is 0 Å². The molecule has 1 N–H and O–H groups in total. The lowest BCUT2D eigenvalue weighted by molar-refractivity contribution is -0.144. The van der Waals surface area contributed by atoms with E-state index in [-0.39, 0.29) is 37.6 Å². The topological polar surface area (TPSA) is 37.9 Å². The van der Waals surface area contributed by atoms with Gasteiger partial charge in [-0.2, -0.15) is 13.2 Å². The maximum atomic E-state index is 12.9. The Morgan fingerprint density at radius 3 is 2.25 bits per heavy atom. The second-order valence-corrected chi connectivity index (χ2v) is 6.28. The number of benzene rings is 2. The summed E-state index contributed by atoms with van der Waals surface area (Å²) >= 11 is 23.7. The Balaban J connectivity index is 2.16. The molecule has 3 rings (SSSR count). The molecule has 1 heterocycles. The number of hydrogen-bond donors (Lipinski definition) is 1. The molecule has 0 radical (unpaired) electrons. The number of ether oxygens (including phenoxy) is 1. The van der Waals surface area contributed by atoms with Crippen molar-refractivity contribution in [3.05, 3.63) is 50.2 Å². The minimum atomic E-state index is -4.67. The number of nitrogens with one attached hydrogen (secondary N) is 1. The average molecular weight is 416 g/mol. The number of aromatic amines is 1. The molecule has 0 spiro atoms. The first-order valence-corrected chi connectivity index (χ1v) is 7.76. The van der Waals surface area contributed by atoms with E-state index >= 15 is 0 Å². The van der Waals surface area contributed by atoms with Gasteiger partial charge < -0.3 is 9.72 Å². The molecular weight excluding hydrogens is 411 g/mol. The average Bonchev–Trinajstić information content (AvgIpc) is 2.93. The fourth-order valence-electron chi connectivity index (χ4n) is 1.97. The molecule has 1 aromatic heterocycles. The van der Waals surface area contributed by atoms with Crippen LogP contribution in [0.15, 0.2) is 24.3 Å². The summed E-state index contributed by atoms with van der Waals surface area (Å²) in [5.74, 6) is -1.03. The molecule has 0 aliphatic rings. The van der Waals surface area contributed by atoms with E-state index in [4.69, 9.17) is 51.1 Å². The lowest BCUT2D eigenvalue weighted by Gasteiger charge is -2.10. The van der Waals surface area contributed by atoms with E-state index < -0.39 is 12.0 Å². The van der Waals surface area contributed by atoms with Crippen LogP contribution in [-0.4, -0.2) is 9.97 Å². The molecule has 0 fully saturated rings. The van der Waals surface area contributed by atoms with Gasteiger partial charge in [-0.1, -0.05) is 46.4 Å². The van der Waals surface area contributed by atoms with Crippen LogP contribution in [0.25, 0.3) is 11.0 Å². The summed E-state index contributed by atoms with van der Waals surface area (Å²) in [6, 6.07) is 5.63. The Morgan fingerprint density at radius 1 is 0.917 bits per heavy atom. The Labute approximate surface area is 153 Å². The summed E-state index contributed by atoms with van der Waals surface area (Å²) in [5.41, 5.74) is -0.186. The lowest BCUT2D eigenvalue weighted by atomic mass is 10.3. The highest BCUT2D eigenvalue weighted by Crippen LogP contribution is 2.42. The first-order valence-electron chi connectivity index (χ1n) is 6.24. The molecule has 3 aromatic rings. The number of imidazole rings is 1. The fraction of sp³-hybridized carbons (Fsp3) is 0.0714. The third-order valence-electron chi connectivity index (χ3n) is 3.01. The molecule has 0 bridgehead atoms. The van der Waals surface area contributed by atoms with Crippen molar-refractivity contribution >= 4 is 57.4 Å². The van der Waals surface area contributed by atoms with Crippen molar-refractivity contribution in [1.29, 1.82) is 0 Å². The van der Waals surface area contributed by atoms with Gasteiger partial charge in [0.15, 0.2) is 5.75 Å². The van der Waals surface area contributed by atoms with Crippen molar-refractivity contribution in [1.82, 2.24) is 9.97 Å². The summed E-state index contributed by atoms with van der Waals surface area (Å²) in [5, 5.41) is 0.493. The molecule has 0 atom stereocenters. The van der Waals surface area contributed by atoms with Gasteiger partial charge in [-0.15, -0.1) is 0 Å². The summed E-state index contributed by atoms with van der Waals surface area (Å²) in [6.45, 7) is 0. The van der Waals surface area contributed by atoms with E-state index in [1.807, 2.05) is 0 Å². The highest BCUT2D eigenvalue weighted by atomic mass is 35.5. The van der Waals surface area contributed by atoms with Crippen molar-refractivity contribution in [3.63, 3.8) is 0 Å². The molecule has 0 saturated heterocycles. The summed E-state index contributed by atoms with van der Waals surface area (Å²) in [4.78, 5) is 5.60. The number of aromatic nitrogens is 2. The smallest absolute Gasteiger partial charge is 0.449 e. The van der Waals surface area contributed by atoms with Gasteiger partial charge in [-0.05, 0) is 18.2 Å². The molecule has 0 saturated carbocycles. The number of fused-ring (bicyclic) bond motifs is 1. The maximum Gasteiger partial charge on any atom is 0.449 e. The van der Waals surface area contributed by atoms with Crippen LogP contribution in [0.4, 0.5) is 13.2 Å².